The molecular weight excluding hydrogens is 382 g/mol. The van der Waals surface area contributed by atoms with E-state index in [0.29, 0.717) is 0 Å². The van der Waals surface area contributed by atoms with Crippen LogP contribution in [0.25, 0.3) is 10.6 Å². The van der Waals surface area contributed by atoms with E-state index in [1.165, 1.54) is 33.4 Å². The van der Waals surface area contributed by atoms with E-state index in [0.717, 1.165) is 10.6 Å². The number of hydrogen-bond donors (Lipinski definition) is 0. The molecular formula is C19H19N3O5S. The predicted molar refractivity (Wildman–Crippen MR) is 103 cm³/mol. The zero-order valence-electron chi connectivity index (χ0n) is 15.4. The average molecular weight is 401 g/mol. The van der Waals surface area contributed by atoms with Gasteiger partial charge in [0.25, 0.3) is 0 Å². The number of esters is 1. The van der Waals surface area contributed by atoms with Gasteiger partial charge in [-0.3, -0.25) is 9.69 Å². The highest BCUT2D eigenvalue weighted by molar-refractivity contribution is 7.13. The van der Waals surface area contributed by atoms with Gasteiger partial charge in [-0.2, -0.15) is 0 Å². The average Bonchev–Trinajstić information content (AvgIpc) is 3.32. The Kier molecular flexibility index (Phi) is 6.05. The van der Waals surface area contributed by atoms with Crippen LogP contribution >= 0.6 is 11.3 Å². The van der Waals surface area contributed by atoms with Crippen molar-refractivity contribution >= 4 is 29.3 Å². The van der Waals surface area contributed by atoms with Crippen molar-refractivity contribution in [2.75, 3.05) is 27.2 Å². The lowest BCUT2D eigenvalue weighted by atomic mass is 10.2. The number of benzene rings is 1. The van der Waals surface area contributed by atoms with Crippen LogP contribution in [0.4, 0.5) is 4.79 Å². The van der Waals surface area contributed by atoms with Crippen LogP contribution in [0.5, 0.6) is 0 Å². The third kappa shape index (κ3) is 4.74. The fraction of sp³-hybridized carbons (Fsp3) is 0.263. The SMILES string of the molecule is CN(C)C(=O)/C=C/N1C[C@@H](COC(=O)c2csc(-c3ccccc3)n2)OC1=O. The number of rotatable bonds is 6. The third-order valence-corrected chi connectivity index (χ3v) is 4.77. The van der Waals surface area contributed by atoms with Gasteiger partial charge >= 0.3 is 12.1 Å². The number of hydrogen-bond acceptors (Lipinski definition) is 7. The number of likely N-dealkylation sites (N-methyl/N-ethyl adjacent to an activating group) is 1. The van der Waals surface area contributed by atoms with Gasteiger partial charge in [-0.05, 0) is 0 Å². The van der Waals surface area contributed by atoms with Gasteiger partial charge in [0.2, 0.25) is 5.91 Å². The van der Waals surface area contributed by atoms with Crippen LogP contribution in [-0.2, 0) is 14.3 Å². The first-order chi connectivity index (χ1) is 13.4. The Morgan fingerprint density at radius 1 is 1.36 bits per heavy atom. The van der Waals surface area contributed by atoms with Crippen LogP contribution in [0, 0.1) is 0 Å². The number of nitrogens with zero attached hydrogens (tertiary/aromatic N) is 3. The molecule has 1 aliphatic heterocycles. The number of thiazole rings is 1. The maximum Gasteiger partial charge on any atom is 0.414 e. The monoisotopic (exact) mass is 401 g/mol. The lowest BCUT2D eigenvalue weighted by Gasteiger charge is -2.09. The summed E-state index contributed by atoms with van der Waals surface area (Å²) in [7, 11) is 3.22. The van der Waals surface area contributed by atoms with Crippen LogP contribution in [0.3, 0.4) is 0 Å². The molecule has 1 saturated heterocycles. The van der Waals surface area contributed by atoms with E-state index in [4.69, 9.17) is 9.47 Å². The molecule has 0 unspecified atom stereocenters. The van der Waals surface area contributed by atoms with Crippen molar-refractivity contribution in [2.24, 2.45) is 0 Å². The molecule has 2 heterocycles. The minimum Gasteiger partial charge on any atom is -0.457 e. The molecule has 0 bridgehead atoms. The van der Waals surface area contributed by atoms with E-state index < -0.39 is 18.2 Å². The molecule has 8 nitrogen and oxygen atoms in total. The lowest BCUT2D eigenvalue weighted by Crippen LogP contribution is -2.24. The van der Waals surface area contributed by atoms with Gasteiger partial charge in [-0.25, -0.2) is 14.6 Å². The molecule has 9 heteroatoms. The van der Waals surface area contributed by atoms with Crippen molar-refractivity contribution in [3.8, 4) is 10.6 Å². The van der Waals surface area contributed by atoms with Crippen LogP contribution in [0.2, 0.25) is 0 Å². The van der Waals surface area contributed by atoms with Crippen LogP contribution < -0.4 is 0 Å². The molecule has 146 valence electrons. The van der Waals surface area contributed by atoms with Gasteiger partial charge in [0.1, 0.15) is 11.6 Å². The van der Waals surface area contributed by atoms with E-state index in [2.05, 4.69) is 4.98 Å². The highest BCUT2D eigenvalue weighted by Gasteiger charge is 2.31. The van der Waals surface area contributed by atoms with Gasteiger partial charge in [-0.15, -0.1) is 11.3 Å². The summed E-state index contributed by atoms with van der Waals surface area (Å²) < 4.78 is 10.4. The molecule has 3 rings (SSSR count). The van der Waals surface area contributed by atoms with Crippen molar-refractivity contribution < 1.29 is 23.9 Å². The Labute approximate surface area is 166 Å². The molecule has 0 saturated carbocycles. The molecule has 1 aromatic heterocycles. The van der Waals surface area contributed by atoms with Gasteiger partial charge < -0.3 is 14.4 Å². The molecule has 1 fully saturated rings. The molecule has 0 radical (unpaired) electrons. The van der Waals surface area contributed by atoms with Crippen molar-refractivity contribution in [1.82, 2.24) is 14.8 Å². The Hall–Kier alpha value is -3.20. The summed E-state index contributed by atoms with van der Waals surface area (Å²) in [4.78, 5) is 42.5. The van der Waals surface area contributed by atoms with Crippen LogP contribution in [0.15, 0.2) is 48.0 Å². The predicted octanol–water partition coefficient (Wildman–Crippen LogP) is 2.39. The van der Waals surface area contributed by atoms with Crippen LogP contribution in [0.1, 0.15) is 10.5 Å². The number of carbonyl (C=O) groups excluding carboxylic acids is 3. The number of amides is 2. The first-order valence-corrected chi connectivity index (χ1v) is 9.37. The molecule has 1 aromatic carbocycles. The first-order valence-electron chi connectivity index (χ1n) is 8.49. The molecule has 1 atom stereocenters. The first kappa shape index (κ1) is 19.6. The molecule has 0 aliphatic carbocycles. The van der Waals surface area contributed by atoms with Gasteiger partial charge in [-0.1, -0.05) is 30.3 Å². The van der Waals surface area contributed by atoms with E-state index >= 15 is 0 Å². The normalized spacial score (nSPS) is 16.3. The van der Waals surface area contributed by atoms with Crippen LogP contribution in [-0.4, -0.2) is 66.1 Å². The largest absolute Gasteiger partial charge is 0.457 e. The van der Waals surface area contributed by atoms with Crippen molar-refractivity contribution in [3.05, 3.63) is 53.7 Å². The van der Waals surface area contributed by atoms with E-state index in [1.54, 1.807) is 19.5 Å². The fourth-order valence-corrected chi connectivity index (χ4v) is 3.17. The van der Waals surface area contributed by atoms with Crippen molar-refractivity contribution in [2.45, 2.75) is 6.10 Å². The molecule has 2 aromatic rings. The Morgan fingerprint density at radius 3 is 2.82 bits per heavy atom. The minimum atomic E-state index is -0.609. The summed E-state index contributed by atoms with van der Waals surface area (Å²) in [6.45, 7) is 0.102. The summed E-state index contributed by atoms with van der Waals surface area (Å²) >= 11 is 1.35. The number of aromatic nitrogens is 1. The maximum absolute atomic E-state index is 12.2. The summed E-state index contributed by atoms with van der Waals surface area (Å²) in [6.07, 6.45) is 1.43. The van der Waals surface area contributed by atoms with Gasteiger partial charge in [0.15, 0.2) is 11.8 Å². The topological polar surface area (TPSA) is 89.0 Å². The Morgan fingerprint density at radius 2 is 2.11 bits per heavy atom. The fourth-order valence-electron chi connectivity index (χ4n) is 2.38. The second-order valence-corrected chi connectivity index (χ2v) is 7.07. The number of cyclic esters (lactones) is 1. The second kappa shape index (κ2) is 8.66. The standard InChI is InChI=1S/C19H19N3O5S/c1-21(2)16(23)8-9-22-10-14(27-19(22)25)11-26-18(24)15-12-28-17(20-15)13-6-4-3-5-7-13/h3-9,12,14H,10-11H2,1-2H3/b9-8+/t14-/m0/s1. The highest BCUT2D eigenvalue weighted by Crippen LogP contribution is 2.23. The van der Waals surface area contributed by atoms with E-state index in [9.17, 15) is 14.4 Å². The quantitative estimate of drug-likeness (QED) is 0.545. The van der Waals surface area contributed by atoms with Gasteiger partial charge in [0, 0.05) is 37.3 Å². The second-order valence-electron chi connectivity index (χ2n) is 6.21. The maximum atomic E-state index is 12.2. The van der Waals surface area contributed by atoms with Gasteiger partial charge in [0.05, 0.1) is 6.54 Å². The summed E-state index contributed by atoms with van der Waals surface area (Å²) in [5, 5.41) is 2.36. The Balaban J connectivity index is 1.52. The van der Waals surface area contributed by atoms with Crippen molar-refractivity contribution in [3.63, 3.8) is 0 Å². The Bertz CT molecular complexity index is 894. The number of carbonyl (C=O) groups is 3. The lowest BCUT2D eigenvalue weighted by molar-refractivity contribution is -0.123. The zero-order valence-corrected chi connectivity index (χ0v) is 16.2. The smallest absolute Gasteiger partial charge is 0.414 e. The summed E-state index contributed by atoms with van der Waals surface area (Å²) in [6, 6.07) is 9.53. The minimum absolute atomic E-state index is 0.0886. The molecule has 28 heavy (non-hydrogen) atoms. The van der Waals surface area contributed by atoms with E-state index in [-0.39, 0.29) is 24.8 Å². The molecule has 1 aliphatic rings. The van der Waals surface area contributed by atoms with E-state index in [1.807, 2.05) is 30.3 Å². The number of ether oxygens (including phenoxy) is 2. The molecule has 0 spiro atoms. The highest BCUT2D eigenvalue weighted by atomic mass is 32.1. The summed E-state index contributed by atoms with van der Waals surface area (Å²) in [5.41, 5.74) is 1.13. The molecule has 0 N–H and O–H groups in total. The third-order valence-electron chi connectivity index (χ3n) is 3.87. The van der Waals surface area contributed by atoms with Crippen molar-refractivity contribution in [1.29, 1.82) is 0 Å². The summed E-state index contributed by atoms with van der Waals surface area (Å²) in [5.74, 6) is -0.827. The molecule has 2 amide bonds. The zero-order chi connectivity index (χ0) is 20.1.